The number of carbonyl (C=O) groups excluding carboxylic acids is 1. The van der Waals surface area contributed by atoms with E-state index in [0.717, 1.165) is 29.5 Å². The number of hydrogen-bond acceptors (Lipinski definition) is 5. The number of amides is 1. The van der Waals surface area contributed by atoms with E-state index in [1.54, 1.807) is 0 Å². The fourth-order valence-corrected chi connectivity index (χ4v) is 5.17. The molecule has 24 heavy (non-hydrogen) atoms. The van der Waals surface area contributed by atoms with E-state index >= 15 is 0 Å². The fourth-order valence-electron chi connectivity index (χ4n) is 4.18. The van der Waals surface area contributed by atoms with E-state index in [9.17, 15) is 15.0 Å². The highest BCUT2D eigenvalue weighted by Gasteiger charge is 2.41. The average molecular weight is 346 g/mol. The summed E-state index contributed by atoms with van der Waals surface area (Å²) in [6, 6.07) is 7.82. The summed E-state index contributed by atoms with van der Waals surface area (Å²) < 4.78 is 0.944. The molecular weight excluding hydrogens is 324 g/mol. The van der Waals surface area contributed by atoms with Gasteiger partial charge in [-0.15, -0.1) is 11.3 Å². The Kier molecular flexibility index (Phi) is 4.28. The van der Waals surface area contributed by atoms with Gasteiger partial charge in [-0.2, -0.15) is 0 Å². The molecule has 1 saturated heterocycles. The summed E-state index contributed by atoms with van der Waals surface area (Å²) in [5.74, 6) is 0.216. The topological polar surface area (TPSA) is 73.7 Å². The molecule has 4 unspecified atom stereocenters. The first-order chi connectivity index (χ1) is 11.6. The zero-order chi connectivity index (χ0) is 16.7. The van der Waals surface area contributed by atoms with Crippen LogP contribution in [0.5, 0.6) is 0 Å². The summed E-state index contributed by atoms with van der Waals surface area (Å²) in [5.41, 5.74) is 0.782. The molecule has 2 heterocycles. The van der Waals surface area contributed by atoms with Gasteiger partial charge in [0.15, 0.2) is 6.10 Å². The van der Waals surface area contributed by atoms with Crippen LogP contribution in [0, 0.1) is 5.92 Å². The second kappa shape index (κ2) is 6.43. The van der Waals surface area contributed by atoms with E-state index in [1.807, 2.05) is 29.2 Å². The zero-order valence-corrected chi connectivity index (χ0v) is 14.3. The standard InChI is InChI=1S/C18H22N2O3S/c21-15(17-19-12-7-1-2-9-14(12)24-17)16(22)18(23)20-10-4-6-11-5-3-8-13(11)20/h1-2,7,9,11,13,15-16,21-22H,3-6,8,10H2. The molecule has 5 nitrogen and oxygen atoms in total. The minimum absolute atomic E-state index is 0.239. The summed E-state index contributed by atoms with van der Waals surface area (Å²) in [6.45, 7) is 0.684. The highest BCUT2D eigenvalue weighted by molar-refractivity contribution is 7.18. The SMILES string of the molecule is O=C(C(O)C(O)c1nc2ccccc2s1)N1CCCC2CCCC21. The monoisotopic (exact) mass is 346 g/mol. The predicted octanol–water partition coefficient (Wildman–Crippen LogP) is 2.48. The molecule has 2 aromatic rings. The molecule has 1 aromatic carbocycles. The van der Waals surface area contributed by atoms with Crippen LogP contribution in [0.3, 0.4) is 0 Å². The van der Waals surface area contributed by atoms with Gasteiger partial charge in [-0.05, 0) is 43.7 Å². The highest BCUT2D eigenvalue weighted by Crippen LogP contribution is 2.38. The van der Waals surface area contributed by atoms with Crippen molar-refractivity contribution in [3.8, 4) is 0 Å². The number of aliphatic hydroxyl groups excluding tert-OH is 2. The second-order valence-corrected chi connectivity index (χ2v) is 7.90. The van der Waals surface area contributed by atoms with Gasteiger partial charge < -0.3 is 15.1 Å². The molecular formula is C18H22N2O3S. The van der Waals surface area contributed by atoms with Crippen LogP contribution in [0.25, 0.3) is 10.2 Å². The van der Waals surface area contributed by atoms with Crippen LogP contribution in [0.15, 0.2) is 24.3 Å². The Morgan fingerprint density at radius 1 is 1.21 bits per heavy atom. The molecule has 2 aliphatic rings. The number of para-hydroxylation sites is 1. The van der Waals surface area contributed by atoms with Crippen LogP contribution in [-0.4, -0.2) is 44.7 Å². The molecule has 1 aromatic heterocycles. The van der Waals surface area contributed by atoms with Crippen molar-refractivity contribution in [1.29, 1.82) is 0 Å². The maximum Gasteiger partial charge on any atom is 0.254 e. The van der Waals surface area contributed by atoms with E-state index in [2.05, 4.69) is 4.98 Å². The lowest BCUT2D eigenvalue weighted by molar-refractivity contribution is -0.151. The molecule has 0 bridgehead atoms. The molecule has 6 heteroatoms. The third-order valence-electron chi connectivity index (χ3n) is 5.39. The summed E-state index contributed by atoms with van der Waals surface area (Å²) in [5, 5.41) is 21.3. The molecule has 1 aliphatic carbocycles. The van der Waals surface area contributed by atoms with E-state index in [0.29, 0.717) is 17.5 Å². The number of thiazole rings is 1. The molecule has 0 radical (unpaired) electrons. The second-order valence-electron chi connectivity index (χ2n) is 6.84. The van der Waals surface area contributed by atoms with E-state index in [4.69, 9.17) is 0 Å². The number of fused-ring (bicyclic) bond motifs is 2. The van der Waals surface area contributed by atoms with Crippen LogP contribution in [0.4, 0.5) is 0 Å². The first-order valence-electron chi connectivity index (χ1n) is 8.67. The lowest BCUT2D eigenvalue weighted by Crippen LogP contribution is -2.51. The number of aliphatic hydroxyl groups is 2. The van der Waals surface area contributed by atoms with Crippen LogP contribution in [-0.2, 0) is 4.79 Å². The number of nitrogens with zero attached hydrogens (tertiary/aromatic N) is 2. The average Bonchev–Trinajstić information content (AvgIpc) is 3.25. The summed E-state index contributed by atoms with van der Waals surface area (Å²) in [4.78, 5) is 18.9. The molecule has 2 N–H and O–H groups in total. The van der Waals surface area contributed by atoms with Crippen molar-refractivity contribution in [3.63, 3.8) is 0 Å². The van der Waals surface area contributed by atoms with Crippen LogP contribution < -0.4 is 0 Å². The zero-order valence-electron chi connectivity index (χ0n) is 13.5. The maximum absolute atomic E-state index is 12.8. The van der Waals surface area contributed by atoms with Crippen molar-refractivity contribution >= 4 is 27.5 Å². The van der Waals surface area contributed by atoms with Crippen LogP contribution >= 0.6 is 11.3 Å². The van der Waals surface area contributed by atoms with Crippen molar-refractivity contribution in [2.45, 2.75) is 50.4 Å². The van der Waals surface area contributed by atoms with Crippen LogP contribution in [0.1, 0.15) is 43.2 Å². The Bertz CT molecular complexity index is 714. The Hall–Kier alpha value is -1.50. The van der Waals surface area contributed by atoms with Crippen molar-refractivity contribution in [1.82, 2.24) is 9.88 Å². The third-order valence-corrected chi connectivity index (χ3v) is 6.50. The minimum atomic E-state index is -1.44. The molecule has 1 amide bonds. The van der Waals surface area contributed by atoms with Gasteiger partial charge in [0.25, 0.3) is 5.91 Å². The number of benzene rings is 1. The molecule has 2 fully saturated rings. The fraction of sp³-hybridized carbons (Fsp3) is 0.556. The lowest BCUT2D eigenvalue weighted by Gasteiger charge is -2.39. The Morgan fingerprint density at radius 3 is 2.83 bits per heavy atom. The van der Waals surface area contributed by atoms with Crippen LogP contribution in [0.2, 0.25) is 0 Å². The highest BCUT2D eigenvalue weighted by atomic mass is 32.1. The van der Waals surface area contributed by atoms with Gasteiger partial charge in [0.1, 0.15) is 11.1 Å². The molecule has 0 spiro atoms. The molecule has 4 rings (SSSR count). The van der Waals surface area contributed by atoms with E-state index < -0.39 is 12.2 Å². The molecule has 128 valence electrons. The maximum atomic E-state index is 12.8. The van der Waals surface area contributed by atoms with Gasteiger partial charge in [0.05, 0.1) is 10.2 Å². The Morgan fingerprint density at radius 2 is 2.00 bits per heavy atom. The summed E-state index contributed by atoms with van der Waals surface area (Å²) >= 11 is 1.33. The number of piperidine rings is 1. The molecule has 1 saturated carbocycles. The number of likely N-dealkylation sites (tertiary alicyclic amines) is 1. The van der Waals surface area contributed by atoms with Gasteiger partial charge in [0, 0.05) is 12.6 Å². The van der Waals surface area contributed by atoms with Gasteiger partial charge in [-0.1, -0.05) is 18.6 Å². The molecule has 1 aliphatic heterocycles. The van der Waals surface area contributed by atoms with Crippen molar-refractivity contribution in [3.05, 3.63) is 29.3 Å². The Labute approximate surface area is 144 Å². The smallest absolute Gasteiger partial charge is 0.254 e. The summed E-state index contributed by atoms with van der Waals surface area (Å²) in [6.07, 6.45) is 2.78. The number of rotatable bonds is 3. The molecule has 4 atom stereocenters. The normalized spacial score (nSPS) is 26.3. The van der Waals surface area contributed by atoms with Gasteiger partial charge in [-0.25, -0.2) is 4.98 Å². The van der Waals surface area contributed by atoms with Crippen molar-refractivity contribution in [2.75, 3.05) is 6.54 Å². The summed E-state index contributed by atoms with van der Waals surface area (Å²) in [7, 11) is 0. The first kappa shape index (κ1) is 16.0. The largest absolute Gasteiger partial charge is 0.383 e. The van der Waals surface area contributed by atoms with Gasteiger partial charge in [0.2, 0.25) is 0 Å². The van der Waals surface area contributed by atoms with Gasteiger partial charge in [-0.3, -0.25) is 4.79 Å². The van der Waals surface area contributed by atoms with Gasteiger partial charge >= 0.3 is 0 Å². The van der Waals surface area contributed by atoms with Crippen molar-refractivity contribution < 1.29 is 15.0 Å². The van der Waals surface area contributed by atoms with E-state index in [-0.39, 0.29) is 11.9 Å². The third kappa shape index (κ3) is 2.72. The quantitative estimate of drug-likeness (QED) is 0.895. The Balaban J connectivity index is 1.53. The minimum Gasteiger partial charge on any atom is -0.383 e. The van der Waals surface area contributed by atoms with Crippen molar-refractivity contribution in [2.24, 2.45) is 5.92 Å². The number of aromatic nitrogens is 1. The van der Waals surface area contributed by atoms with E-state index in [1.165, 1.54) is 24.2 Å². The predicted molar refractivity (Wildman–Crippen MR) is 92.7 cm³/mol. The first-order valence-corrected chi connectivity index (χ1v) is 9.49. The number of hydrogen-bond donors (Lipinski definition) is 2. The number of carbonyl (C=O) groups is 1. The lowest BCUT2D eigenvalue weighted by atomic mass is 9.91.